The Balaban J connectivity index is 2.24. The number of nitrogens with two attached hydrogens (primary N) is 1. The van der Waals surface area contributed by atoms with Gasteiger partial charge in [0, 0.05) is 6.04 Å². The summed E-state index contributed by atoms with van der Waals surface area (Å²) >= 11 is 0. The molecule has 1 aromatic carbocycles. The van der Waals surface area contributed by atoms with Crippen molar-refractivity contribution in [2.24, 2.45) is 5.73 Å². The number of methoxy groups -OCH3 is 1. The maximum absolute atomic E-state index is 13.3. The Kier molecular flexibility index (Phi) is 2.42. The highest BCUT2D eigenvalue weighted by atomic mass is 19.1. The average molecular weight is 195 g/mol. The predicted molar refractivity (Wildman–Crippen MR) is 52.9 cm³/mol. The zero-order chi connectivity index (χ0) is 10.1. The molecule has 0 heterocycles. The largest absolute Gasteiger partial charge is 0.494 e. The van der Waals surface area contributed by atoms with Crippen LogP contribution in [0.25, 0.3) is 0 Å². The van der Waals surface area contributed by atoms with Crippen LogP contribution in [0.15, 0.2) is 18.2 Å². The van der Waals surface area contributed by atoms with Crippen LogP contribution in [0.2, 0.25) is 0 Å². The Bertz CT molecular complexity index is 340. The van der Waals surface area contributed by atoms with E-state index in [1.54, 1.807) is 6.07 Å². The van der Waals surface area contributed by atoms with Crippen molar-refractivity contribution in [3.63, 3.8) is 0 Å². The average Bonchev–Trinajstić information content (AvgIpc) is 2.16. The summed E-state index contributed by atoms with van der Waals surface area (Å²) in [4.78, 5) is 0. The molecule has 0 bridgehead atoms. The van der Waals surface area contributed by atoms with E-state index < -0.39 is 0 Å². The van der Waals surface area contributed by atoms with Gasteiger partial charge in [0.2, 0.25) is 0 Å². The summed E-state index contributed by atoms with van der Waals surface area (Å²) in [7, 11) is 1.47. The lowest BCUT2D eigenvalue weighted by atomic mass is 9.75. The standard InChI is InChI=1S/C11H14FNO/c1-14-11-5-2-7(6-9(11)12)8-3-4-10(8)13/h2,5-6,8,10H,3-4,13H2,1H3. The molecule has 2 unspecified atom stereocenters. The minimum absolute atomic E-state index is 0.197. The molecule has 76 valence electrons. The molecule has 1 saturated carbocycles. The number of benzene rings is 1. The van der Waals surface area contributed by atoms with Gasteiger partial charge in [0.15, 0.2) is 11.6 Å². The second-order valence-corrected chi connectivity index (χ2v) is 3.74. The van der Waals surface area contributed by atoms with Crippen LogP contribution < -0.4 is 10.5 Å². The molecule has 14 heavy (non-hydrogen) atoms. The molecule has 0 amide bonds. The van der Waals surface area contributed by atoms with Crippen LogP contribution in [0.4, 0.5) is 4.39 Å². The molecule has 0 aliphatic heterocycles. The summed E-state index contributed by atoms with van der Waals surface area (Å²) in [5.41, 5.74) is 6.81. The van der Waals surface area contributed by atoms with Gasteiger partial charge in [-0.15, -0.1) is 0 Å². The lowest BCUT2D eigenvalue weighted by molar-refractivity contribution is 0.343. The van der Waals surface area contributed by atoms with Crippen molar-refractivity contribution >= 4 is 0 Å². The number of rotatable bonds is 2. The first-order valence-electron chi connectivity index (χ1n) is 4.81. The maximum Gasteiger partial charge on any atom is 0.165 e. The monoisotopic (exact) mass is 195 g/mol. The minimum Gasteiger partial charge on any atom is -0.494 e. The van der Waals surface area contributed by atoms with E-state index in [9.17, 15) is 4.39 Å². The highest BCUT2D eigenvalue weighted by molar-refractivity contribution is 5.33. The first-order valence-corrected chi connectivity index (χ1v) is 4.81. The molecule has 2 rings (SSSR count). The molecule has 2 N–H and O–H groups in total. The molecule has 0 saturated heterocycles. The van der Waals surface area contributed by atoms with Gasteiger partial charge < -0.3 is 10.5 Å². The van der Waals surface area contributed by atoms with E-state index in [-0.39, 0.29) is 11.9 Å². The van der Waals surface area contributed by atoms with Gasteiger partial charge in [0.25, 0.3) is 0 Å². The SMILES string of the molecule is COc1ccc(C2CCC2N)cc1F. The third kappa shape index (κ3) is 1.48. The van der Waals surface area contributed by atoms with Crippen molar-refractivity contribution in [1.82, 2.24) is 0 Å². The summed E-state index contributed by atoms with van der Waals surface area (Å²) in [5.74, 6) is 0.321. The van der Waals surface area contributed by atoms with Crippen LogP contribution in [0, 0.1) is 5.82 Å². The van der Waals surface area contributed by atoms with Crippen LogP contribution in [-0.2, 0) is 0 Å². The fourth-order valence-electron chi connectivity index (χ4n) is 1.85. The third-order valence-corrected chi connectivity index (χ3v) is 2.93. The lowest BCUT2D eigenvalue weighted by Gasteiger charge is -2.34. The number of hydrogen-bond acceptors (Lipinski definition) is 2. The molecular formula is C11H14FNO. The molecule has 1 fully saturated rings. The van der Waals surface area contributed by atoms with Crippen molar-refractivity contribution in [3.8, 4) is 5.75 Å². The van der Waals surface area contributed by atoms with E-state index in [1.165, 1.54) is 13.2 Å². The zero-order valence-corrected chi connectivity index (χ0v) is 8.16. The fraction of sp³-hybridized carbons (Fsp3) is 0.455. The van der Waals surface area contributed by atoms with Gasteiger partial charge in [-0.25, -0.2) is 4.39 Å². The first-order chi connectivity index (χ1) is 6.72. The molecule has 0 spiro atoms. The van der Waals surface area contributed by atoms with E-state index >= 15 is 0 Å². The van der Waals surface area contributed by atoms with Crippen molar-refractivity contribution in [3.05, 3.63) is 29.6 Å². The quantitative estimate of drug-likeness (QED) is 0.783. The molecule has 1 aliphatic carbocycles. The number of hydrogen-bond donors (Lipinski definition) is 1. The lowest BCUT2D eigenvalue weighted by Crippen LogP contribution is -2.37. The Morgan fingerprint density at radius 2 is 2.21 bits per heavy atom. The summed E-state index contributed by atoms with van der Waals surface area (Å²) in [6.45, 7) is 0. The van der Waals surface area contributed by atoms with E-state index in [0.717, 1.165) is 18.4 Å². The van der Waals surface area contributed by atoms with E-state index in [1.807, 2.05) is 6.07 Å². The van der Waals surface area contributed by atoms with Gasteiger partial charge in [0.1, 0.15) is 0 Å². The van der Waals surface area contributed by atoms with E-state index in [0.29, 0.717) is 11.7 Å². The maximum atomic E-state index is 13.3. The number of ether oxygens (including phenoxy) is 1. The second kappa shape index (κ2) is 3.58. The Morgan fingerprint density at radius 3 is 2.64 bits per heavy atom. The highest BCUT2D eigenvalue weighted by Crippen LogP contribution is 2.36. The van der Waals surface area contributed by atoms with Crippen LogP contribution in [-0.4, -0.2) is 13.2 Å². The van der Waals surface area contributed by atoms with Crippen molar-refractivity contribution in [2.75, 3.05) is 7.11 Å². The topological polar surface area (TPSA) is 35.2 Å². The summed E-state index contributed by atoms with van der Waals surface area (Å²) in [6.07, 6.45) is 2.10. The Hall–Kier alpha value is -1.09. The molecule has 1 aliphatic rings. The van der Waals surface area contributed by atoms with Crippen LogP contribution >= 0.6 is 0 Å². The summed E-state index contributed by atoms with van der Waals surface area (Å²) in [5, 5.41) is 0. The van der Waals surface area contributed by atoms with Crippen molar-refractivity contribution in [2.45, 2.75) is 24.8 Å². The third-order valence-electron chi connectivity index (χ3n) is 2.93. The molecule has 2 atom stereocenters. The smallest absolute Gasteiger partial charge is 0.165 e. The van der Waals surface area contributed by atoms with E-state index in [4.69, 9.17) is 10.5 Å². The summed E-state index contributed by atoms with van der Waals surface area (Å²) in [6, 6.07) is 5.28. The summed E-state index contributed by atoms with van der Waals surface area (Å²) < 4.78 is 18.2. The van der Waals surface area contributed by atoms with Gasteiger partial charge in [-0.3, -0.25) is 0 Å². The van der Waals surface area contributed by atoms with Crippen LogP contribution in [0.1, 0.15) is 24.3 Å². The second-order valence-electron chi connectivity index (χ2n) is 3.74. The Morgan fingerprint density at radius 1 is 1.43 bits per heavy atom. The highest BCUT2D eigenvalue weighted by Gasteiger charge is 2.29. The molecule has 3 heteroatoms. The molecular weight excluding hydrogens is 181 g/mol. The number of halogens is 1. The molecule has 2 nitrogen and oxygen atoms in total. The molecule has 1 aromatic rings. The van der Waals surface area contributed by atoms with Crippen molar-refractivity contribution in [1.29, 1.82) is 0 Å². The first kappa shape index (κ1) is 9.46. The van der Waals surface area contributed by atoms with Gasteiger partial charge in [-0.1, -0.05) is 6.07 Å². The van der Waals surface area contributed by atoms with Gasteiger partial charge in [-0.05, 0) is 36.5 Å². The molecule has 0 aromatic heterocycles. The van der Waals surface area contributed by atoms with Gasteiger partial charge in [0.05, 0.1) is 7.11 Å². The molecule has 0 radical (unpaired) electrons. The van der Waals surface area contributed by atoms with Gasteiger partial charge >= 0.3 is 0 Å². The zero-order valence-electron chi connectivity index (χ0n) is 8.16. The van der Waals surface area contributed by atoms with Crippen molar-refractivity contribution < 1.29 is 9.13 Å². The predicted octanol–water partition coefficient (Wildman–Crippen LogP) is 2.04. The fourth-order valence-corrected chi connectivity index (χ4v) is 1.85. The van der Waals surface area contributed by atoms with E-state index in [2.05, 4.69) is 0 Å². The van der Waals surface area contributed by atoms with Crippen LogP contribution in [0.3, 0.4) is 0 Å². The Labute approximate surface area is 82.9 Å². The van der Waals surface area contributed by atoms with Gasteiger partial charge in [-0.2, -0.15) is 0 Å². The van der Waals surface area contributed by atoms with Crippen LogP contribution in [0.5, 0.6) is 5.75 Å². The normalized spacial score (nSPS) is 25.6. The minimum atomic E-state index is -0.302.